The van der Waals surface area contributed by atoms with Gasteiger partial charge in [0.25, 0.3) is 0 Å². The van der Waals surface area contributed by atoms with Crippen LogP contribution in [0.4, 0.5) is 0 Å². The van der Waals surface area contributed by atoms with E-state index < -0.39 is 0 Å². The van der Waals surface area contributed by atoms with Crippen molar-refractivity contribution in [2.45, 2.75) is 53.4 Å². The van der Waals surface area contributed by atoms with E-state index in [9.17, 15) is 4.79 Å². The number of allylic oxidation sites excluding steroid dienone is 6. The molecule has 0 aromatic rings. The van der Waals surface area contributed by atoms with Crippen molar-refractivity contribution < 1.29 is 4.79 Å². The Bertz CT molecular complexity index is 293. The molecule has 0 aromatic carbocycles. The summed E-state index contributed by atoms with van der Waals surface area (Å²) in [6.07, 6.45) is 11.7. The SMILES string of the molecule is CC=C(C)CCC=C(C)CCC=C(C)C=O. The van der Waals surface area contributed by atoms with Crippen LogP contribution in [0.15, 0.2) is 34.9 Å². The molecule has 0 amide bonds. The van der Waals surface area contributed by atoms with Crippen LogP contribution in [0.5, 0.6) is 0 Å². The Morgan fingerprint density at radius 1 is 0.938 bits per heavy atom. The van der Waals surface area contributed by atoms with Crippen molar-refractivity contribution in [1.29, 1.82) is 0 Å². The number of hydrogen-bond donors (Lipinski definition) is 0. The molecule has 0 aliphatic heterocycles. The zero-order valence-corrected chi connectivity index (χ0v) is 11.0. The minimum Gasteiger partial charge on any atom is -0.298 e. The zero-order chi connectivity index (χ0) is 12.4. The molecule has 0 unspecified atom stereocenters. The van der Waals surface area contributed by atoms with Gasteiger partial charge in [0.15, 0.2) is 0 Å². The maximum atomic E-state index is 10.4. The summed E-state index contributed by atoms with van der Waals surface area (Å²) >= 11 is 0. The number of hydrogen-bond acceptors (Lipinski definition) is 1. The van der Waals surface area contributed by atoms with Gasteiger partial charge < -0.3 is 0 Å². The Kier molecular flexibility index (Phi) is 8.51. The third-order valence-electron chi connectivity index (χ3n) is 2.72. The second kappa shape index (κ2) is 9.14. The van der Waals surface area contributed by atoms with Crippen LogP contribution in [0, 0.1) is 0 Å². The van der Waals surface area contributed by atoms with Crippen molar-refractivity contribution in [3.05, 3.63) is 34.9 Å². The Morgan fingerprint density at radius 2 is 1.50 bits per heavy atom. The average molecular weight is 220 g/mol. The second-order valence-electron chi connectivity index (χ2n) is 4.33. The molecule has 0 saturated heterocycles. The average Bonchev–Trinajstić information content (AvgIpc) is 2.28. The van der Waals surface area contributed by atoms with Gasteiger partial charge >= 0.3 is 0 Å². The molecule has 90 valence electrons. The summed E-state index contributed by atoms with van der Waals surface area (Å²) in [5.41, 5.74) is 3.69. The van der Waals surface area contributed by atoms with E-state index >= 15 is 0 Å². The summed E-state index contributed by atoms with van der Waals surface area (Å²) in [5, 5.41) is 0. The predicted octanol–water partition coefficient (Wildman–Crippen LogP) is 4.60. The van der Waals surface area contributed by atoms with E-state index in [2.05, 4.69) is 32.9 Å². The molecule has 1 heteroatoms. The highest BCUT2D eigenvalue weighted by atomic mass is 16.1. The molecule has 16 heavy (non-hydrogen) atoms. The monoisotopic (exact) mass is 220 g/mol. The van der Waals surface area contributed by atoms with Gasteiger partial charge in [0, 0.05) is 0 Å². The molecule has 0 saturated carbocycles. The van der Waals surface area contributed by atoms with Gasteiger partial charge in [-0.1, -0.05) is 29.4 Å². The van der Waals surface area contributed by atoms with E-state index in [0.717, 1.165) is 37.5 Å². The first-order valence-electron chi connectivity index (χ1n) is 5.99. The fourth-order valence-electron chi connectivity index (χ4n) is 1.37. The summed E-state index contributed by atoms with van der Waals surface area (Å²) in [5.74, 6) is 0. The highest BCUT2D eigenvalue weighted by Gasteiger charge is 1.91. The summed E-state index contributed by atoms with van der Waals surface area (Å²) < 4.78 is 0. The first-order valence-corrected chi connectivity index (χ1v) is 5.99. The maximum Gasteiger partial charge on any atom is 0.145 e. The summed E-state index contributed by atoms with van der Waals surface area (Å²) in [7, 11) is 0. The maximum absolute atomic E-state index is 10.4. The standard InChI is InChI=1S/C15H24O/c1-5-13(2)8-6-9-14(3)10-7-11-15(4)12-16/h5,9,11-12H,6-8,10H2,1-4H3. The van der Waals surface area contributed by atoms with Crippen molar-refractivity contribution in [2.75, 3.05) is 0 Å². The summed E-state index contributed by atoms with van der Waals surface area (Å²) in [6, 6.07) is 0. The molecular formula is C15H24O. The summed E-state index contributed by atoms with van der Waals surface area (Å²) in [4.78, 5) is 10.4. The molecule has 0 heterocycles. The van der Waals surface area contributed by atoms with E-state index in [1.807, 2.05) is 13.0 Å². The Hall–Kier alpha value is -1.11. The first kappa shape index (κ1) is 14.9. The molecule has 0 aliphatic carbocycles. The van der Waals surface area contributed by atoms with Gasteiger partial charge in [-0.15, -0.1) is 0 Å². The fourth-order valence-corrected chi connectivity index (χ4v) is 1.37. The van der Waals surface area contributed by atoms with Crippen LogP contribution in [-0.2, 0) is 4.79 Å². The smallest absolute Gasteiger partial charge is 0.145 e. The van der Waals surface area contributed by atoms with E-state index in [1.54, 1.807) is 0 Å². The molecule has 0 spiro atoms. The first-order chi connectivity index (χ1) is 7.60. The van der Waals surface area contributed by atoms with Crippen LogP contribution in [-0.4, -0.2) is 6.29 Å². The minimum absolute atomic E-state index is 0.831. The van der Waals surface area contributed by atoms with Gasteiger partial charge in [-0.3, -0.25) is 4.79 Å². The molecular weight excluding hydrogens is 196 g/mol. The summed E-state index contributed by atoms with van der Waals surface area (Å²) in [6.45, 7) is 8.26. The van der Waals surface area contributed by atoms with Gasteiger partial charge in [-0.05, 0) is 59.0 Å². The lowest BCUT2D eigenvalue weighted by Crippen LogP contribution is -1.81. The van der Waals surface area contributed by atoms with E-state index in [1.165, 1.54) is 11.1 Å². The second-order valence-corrected chi connectivity index (χ2v) is 4.33. The van der Waals surface area contributed by atoms with Crippen molar-refractivity contribution in [2.24, 2.45) is 0 Å². The number of aldehydes is 1. The third kappa shape index (κ3) is 8.22. The van der Waals surface area contributed by atoms with Crippen LogP contribution in [0.25, 0.3) is 0 Å². The van der Waals surface area contributed by atoms with Crippen molar-refractivity contribution in [3.63, 3.8) is 0 Å². The lowest BCUT2D eigenvalue weighted by Gasteiger charge is -2.00. The Labute approximate surface area is 99.9 Å². The van der Waals surface area contributed by atoms with Crippen molar-refractivity contribution in [3.8, 4) is 0 Å². The molecule has 0 aliphatic rings. The minimum atomic E-state index is 0.831. The van der Waals surface area contributed by atoms with Gasteiger partial charge in [0.2, 0.25) is 0 Å². The zero-order valence-electron chi connectivity index (χ0n) is 11.0. The van der Waals surface area contributed by atoms with Gasteiger partial charge in [0.05, 0.1) is 0 Å². The number of carbonyl (C=O) groups is 1. The van der Waals surface area contributed by atoms with Crippen LogP contribution in [0.2, 0.25) is 0 Å². The third-order valence-corrected chi connectivity index (χ3v) is 2.72. The molecule has 0 aromatic heterocycles. The van der Waals surface area contributed by atoms with Crippen molar-refractivity contribution in [1.82, 2.24) is 0 Å². The molecule has 1 nitrogen and oxygen atoms in total. The lowest BCUT2D eigenvalue weighted by molar-refractivity contribution is -0.104. The fraction of sp³-hybridized carbons (Fsp3) is 0.533. The number of carbonyl (C=O) groups excluding carboxylic acids is 1. The molecule has 0 fully saturated rings. The van der Waals surface area contributed by atoms with Crippen LogP contribution in [0.1, 0.15) is 53.4 Å². The van der Waals surface area contributed by atoms with Gasteiger partial charge in [-0.2, -0.15) is 0 Å². The highest BCUT2D eigenvalue weighted by molar-refractivity contribution is 5.71. The Balaban J connectivity index is 3.84. The van der Waals surface area contributed by atoms with Gasteiger partial charge in [0.1, 0.15) is 6.29 Å². The van der Waals surface area contributed by atoms with E-state index in [4.69, 9.17) is 0 Å². The quantitative estimate of drug-likeness (QED) is 0.348. The van der Waals surface area contributed by atoms with Crippen LogP contribution >= 0.6 is 0 Å². The van der Waals surface area contributed by atoms with Gasteiger partial charge in [-0.25, -0.2) is 0 Å². The molecule has 0 N–H and O–H groups in total. The molecule has 0 bridgehead atoms. The highest BCUT2D eigenvalue weighted by Crippen LogP contribution is 2.10. The topological polar surface area (TPSA) is 17.1 Å². The lowest BCUT2D eigenvalue weighted by atomic mass is 10.1. The molecule has 0 rings (SSSR count). The van der Waals surface area contributed by atoms with Crippen LogP contribution < -0.4 is 0 Å². The Morgan fingerprint density at radius 3 is 2.06 bits per heavy atom. The van der Waals surface area contributed by atoms with E-state index in [0.29, 0.717) is 0 Å². The predicted molar refractivity (Wildman–Crippen MR) is 71.5 cm³/mol. The molecule has 0 atom stereocenters. The van der Waals surface area contributed by atoms with Crippen molar-refractivity contribution >= 4 is 6.29 Å². The van der Waals surface area contributed by atoms with E-state index in [-0.39, 0.29) is 0 Å². The molecule has 0 radical (unpaired) electrons. The van der Waals surface area contributed by atoms with Crippen LogP contribution in [0.3, 0.4) is 0 Å². The normalized spacial score (nSPS) is 14.1. The largest absolute Gasteiger partial charge is 0.298 e. The number of rotatable bonds is 7.